The SMILES string of the molecule is CCCCC(CCCC)OC(=O)CCCCCCCCC(CCCCCCCCC(=O)OC(CCCC)CCCC)N(CCCN(C)C)C(=O)CCCCCCCC(O)OC(CCCC)CCCC. The average molecular weight is 980 g/mol. The first kappa shape index (κ1) is 67.3. The van der Waals surface area contributed by atoms with E-state index in [0.29, 0.717) is 31.6 Å². The summed E-state index contributed by atoms with van der Waals surface area (Å²) >= 11 is 0. The zero-order valence-corrected chi connectivity index (χ0v) is 47.3. The Kier molecular flexibility index (Phi) is 48.6. The fraction of sp³-hybridized carbons (Fsp3) is 0.950. The molecule has 0 rings (SSSR count). The number of amides is 1. The van der Waals surface area contributed by atoms with Gasteiger partial charge in [-0.25, -0.2) is 0 Å². The van der Waals surface area contributed by atoms with E-state index in [9.17, 15) is 19.5 Å². The first-order valence-electron chi connectivity index (χ1n) is 30.2. The molecular formula is C60H118N2O7. The smallest absolute Gasteiger partial charge is 0.306 e. The van der Waals surface area contributed by atoms with Crippen LogP contribution in [0.2, 0.25) is 0 Å². The van der Waals surface area contributed by atoms with Gasteiger partial charge in [-0.3, -0.25) is 14.4 Å². The van der Waals surface area contributed by atoms with Crippen LogP contribution < -0.4 is 0 Å². The molecule has 0 spiro atoms. The number of rotatable bonds is 53. The summed E-state index contributed by atoms with van der Waals surface area (Å²) in [5, 5.41) is 10.6. The maximum Gasteiger partial charge on any atom is 0.306 e. The van der Waals surface area contributed by atoms with Gasteiger partial charge in [-0.05, 0) is 111 Å². The van der Waals surface area contributed by atoms with E-state index in [1.165, 1.54) is 12.8 Å². The van der Waals surface area contributed by atoms with E-state index in [1.807, 2.05) is 0 Å². The summed E-state index contributed by atoms with van der Waals surface area (Å²) in [6, 6.07) is 0.269. The van der Waals surface area contributed by atoms with Crippen molar-refractivity contribution >= 4 is 17.8 Å². The molecule has 0 bridgehead atoms. The summed E-state index contributed by atoms with van der Waals surface area (Å²) in [6.07, 6.45) is 43.0. The predicted octanol–water partition coefficient (Wildman–Crippen LogP) is 16.8. The Labute approximate surface area is 428 Å². The van der Waals surface area contributed by atoms with Crippen molar-refractivity contribution in [2.24, 2.45) is 0 Å². The minimum Gasteiger partial charge on any atom is -0.462 e. The minimum atomic E-state index is -0.670. The third kappa shape index (κ3) is 42.5. The van der Waals surface area contributed by atoms with Crippen LogP contribution in [0.1, 0.15) is 311 Å². The maximum atomic E-state index is 14.1. The predicted molar refractivity (Wildman–Crippen MR) is 293 cm³/mol. The first-order chi connectivity index (χ1) is 33.5. The van der Waals surface area contributed by atoms with Gasteiger partial charge in [0.05, 0.1) is 6.10 Å². The molecule has 1 N–H and O–H groups in total. The van der Waals surface area contributed by atoms with E-state index in [1.54, 1.807) is 0 Å². The Hall–Kier alpha value is -1.71. The van der Waals surface area contributed by atoms with Crippen molar-refractivity contribution in [3.05, 3.63) is 0 Å². The fourth-order valence-electron chi connectivity index (χ4n) is 9.68. The van der Waals surface area contributed by atoms with Crippen LogP contribution in [0.4, 0.5) is 0 Å². The van der Waals surface area contributed by atoms with Gasteiger partial charge in [0.1, 0.15) is 12.2 Å². The molecule has 0 aromatic rings. The molecule has 0 fully saturated rings. The molecule has 9 nitrogen and oxygen atoms in total. The van der Waals surface area contributed by atoms with Crippen molar-refractivity contribution in [1.29, 1.82) is 0 Å². The lowest BCUT2D eigenvalue weighted by atomic mass is 9.97. The zero-order valence-electron chi connectivity index (χ0n) is 47.3. The highest BCUT2D eigenvalue weighted by molar-refractivity contribution is 5.76. The molecule has 1 atom stereocenters. The quantitative estimate of drug-likeness (QED) is 0.0365. The number of carbonyl (C=O) groups excluding carboxylic acids is 3. The summed E-state index contributed by atoms with van der Waals surface area (Å²) in [5.41, 5.74) is 0. The van der Waals surface area contributed by atoms with Crippen molar-refractivity contribution in [2.45, 2.75) is 342 Å². The molecule has 0 saturated heterocycles. The van der Waals surface area contributed by atoms with Crippen molar-refractivity contribution in [3.8, 4) is 0 Å². The number of unbranched alkanes of at least 4 members (excludes halogenated alkanes) is 20. The topological polar surface area (TPSA) is 106 Å². The van der Waals surface area contributed by atoms with Crippen molar-refractivity contribution < 1.29 is 33.7 Å². The second kappa shape index (κ2) is 49.9. The number of esters is 2. The number of ether oxygens (including phenoxy) is 3. The molecule has 0 aliphatic heterocycles. The van der Waals surface area contributed by atoms with Crippen LogP contribution in [0.5, 0.6) is 0 Å². The Balaban J connectivity index is 5.24. The Morgan fingerprint density at radius 2 is 0.710 bits per heavy atom. The van der Waals surface area contributed by atoms with Gasteiger partial charge < -0.3 is 29.1 Å². The van der Waals surface area contributed by atoms with Gasteiger partial charge >= 0.3 is 11.9 Å². The second-order valence-electron chi connectivity index (χ2n) is 21.3. The summed E-state index contributed by atoms with van der Waals surface area (Å²) < 4.78 is 17.9. The normalized spacial score (nSPS) is 12.3. The van der Waals surface area contributed by atoms with Crippen LogP contribution >= 0.6 is 0 Å². The van der Waals surface area contributed by atoms with Crippen LogP contribution in [-0.4, -0.2) is 90.6 Å². The molecule has 0 radical (unpaired) electrons. The molecule has 1 unspecified atom stereocenters. The van der Waals surface area contributed by atoms with E-state index in [2.05, 4.69) is 65.4 Å². The fourth-order valence-corrected chi connectivity index (χ4v) is 9.68. The lowest BCUT2D eigenvalue weighted by Gasteiger charge is -2.33. The number of carbonyl (C=O) groups is 3. The monoisotopic (exact) mass is 979 g/mol. The van der Waals surface area contributed by atoms with Crippen molar-refractivity contribution in [1.82, 2.24) is 9.80 Å². The van der Waals surface area contributed by atoms with Crippen LogP contribution in [0.25, 0.3) is 0 Å². The molecule has 0 heterocycles. The molecule has 69 heavy (non-hydrogen) atoms. The van der Waals surface area contributed by atoms with E-state index >= 15 is 0 Å². The largest absolute Gasteiger partial charge is 0.462 e. The van der Waals surface area contributed by atoms with E-state index < -0.39 is 6.29 Å². The molecule has 0 aliphatic rings. The standard InChI is InChI=1S/C60H118N2O7/c1-9-15-41-54(42-16-10-2)67-58(64)48-35-29-23-21-26-32-39-53(40-33-27-22-24-30-36-49-59(65)68-55(43-17-11-3)44-18-12-4)62(52-38-51-61(7)8)57(63)47-34-28-25-31-37-50-60(66)69-56(45-19-13-5)46-20-14-6/h53-56,60,66H,9-52H2,1-8H3. The zero-order chi connectivity index (χ0) is 51.0. The molecule has 9 heteroatoms. The average Bonchev–Trinajstić information content (AvgIpc) is 3.33. The lowest BCUT2D eigenvalue weighted by Crippen LogP contribution is -2.41. The first-order valence-corrected chi connectivity index (χ1v) is 30.2. The third-order valence-electron chi connectivity index (χ3n) is 14.2. The Morgan fingerprint density at radius 1 is 0.377 bits per heavy atom. The number of aliphatic hydroxyl groups excluding tert-OH is 1. The Morgan fingerprint density at radius 3 is 1.09 bits per heavy atom. The number of hydrogen-bond acceptors (Lipinski definition) is 8. The van der Waals surface area contributed by atoms with Crippen LogP contribution in [0.15, 0.2) is 0 Å². The highest BCUT2D eigenvalue weighted by Crippen LogP contribution is 2.23. The molecule has 0 aliphatic carbocycles. The second-order valence-corrected chi connectivity index (χ2v) is 21.3. The van der Waals surface area contributed by atoms with E-state index in [0.717, 1.165) is 244 Å². The third-order valence-corrected chi connectivity index (χ3v) is 14.2. The number of hydrogen-bond donors (Lipinski definition) is 1. The van der Waals surface area contributed by atoms with Gasteiger partial charge in [0.25, 0.3) is 0 Å². The maximum absolute atomic E-state index is 14.1. The Bertz CT molecular complexity index is 1060. The molecule has 410 valence electrons. The van der Waals surface area contributed by atoms with Gasteiger partial charge in [0.2, 0.25) is 5.91 Å². The van der Waals surface area contributed by atoms with Gasteiger partial charge in [-0.1, -0.05) is 202 Å². The molecule has 0 aromatic heterocycles. The van der Waals surface area contributed by atoms with Gasteiger partial charge in [-0.15, -0.1) is 0 Å². The number of aliphatic hydroxyl groups is 1. The van der Waals surface area contributed by atoms with E-state index in [-0.39, 0.29) is 36.3 Å². The van der Waals surface area contributed by atoms with Crippen LogP contribution in [-0.2, 0) is 28.6 Å². The molecular weight excluding hydrogens is 861 g/mol. The van der Waals surface area contributed by atoms with Crippen molar-refractivity contribution in [3.63, 3.8) is 0 Å². The van der Waals surface area contributed by atoms with Gasteiger partial charge in [0.15, 0.2) is 6.29 Å². The molecule has 0 aromatic carbocycles. The van der Waals surface area contributed by atoms with Gasteiger partial charge in [0, 0.05) is 31.8 Å². The van der Waals surface area contributed by atoms with Crippen LogP contribution in [0, 0.1) is 0 Å². The summed E-state index contributed by atoms with van der Waals surface area (Å²) in [4.78, 5) is 43.9. The highest BCUT2D eigenvalue weighted by atomic mass is 16.6. The van der Waals surface area contributed by atoms with Crippen molar-refractivity contribution in [2.75, 3.05) is 27.2 Å². The highest BCUT2D eigenvalue weighted by Gasteiger charge is 2.23. The summed E-state index contributed by atoms with van der Waals surface area (Å²) in [5.74, 6) is 0.291. The number of nitrogens with zero attached hydrogens (tertiary/aromatic N) is 2. The lowest BCUT2D eigenvalue weighted by molar-refractivity contribution is -0.151. The summed E-state index contributed by atoms with van der Waals surface area (Å²) in [7, 11) is 4.24. The summed E-state index contributed by atoms with van der Waals surface area (Å²) in [6.45, 7) is 15.0. The molecule has 0 saturated carbocycles. The van der Waals surface area contributed by atoms with Crippen LogP contribution in [0.3, 0.4) is 0 Å². The minimum absolute atomic E-state index is 0.0167. The molecule has 1 amide bonds. The van der Waals surface area contributed by atoms with E-state index in [4.69, 9.17) is 14.2 Å². The van der Waals surface area contributed by atoms with Gasteiger partial charge in [-0.2, -0.15) is 0 Å².